The van der Waals surface area contributed by atoms with Crippen LogP contribution in [0.25, 0.3) is 0 Å². The van der Waals surface area contributed by atoms with Crippen LogP contribution in [0.2, 0.25) is 0 Å². The molecule has 110 valence electrons. The minimum atomic E-state index is 0.0935. The molecule has 1 aromatic rings. The number of carbonyl (C=O) groups excluding carboxylic acids is 1. The minimum Gasteiger partial charge on any atom is -0.399 e. The maximum atomic E-state index is 12.6. The molecule has 0 aromatic heterocycles. The van der Waals surface area contributed by atoms with Crippen LogP contribution in [0.5, 0.6) is 0 Å². The molecular formula is C16H24N2O2. The first-order valence-corrected chi connectivity index (χ1v) is 7.35. The second kappa shape index (κ2) is 6.75. The molecule has 4 nitrogen and oxygen atoms in total. The Morgan fingerprint density at radius 1 is 1.50 bits per heavy atom. The fraction of sp³-hybridized carbons (Fsp3) is 0.562. The first kappa shape index (κ1) is 14.9. The number of nitrogens with two attached hydrogens (primary N) is 1. The lowest BCUT2D eigenvalue weighted by Crippen LogP contribution is -2.41. The average molecular weight is 276 g/mol. The van der Waals surface area contributed by atoms with Crippen molar-refractivity contribution in [3.05, 3.63) is 29.3 Å². The SMILES string of the molecule is CCOCC1CCCN(C(=O)c2cc(N)ccc2C)C1. The van der Waals surface area contributed by atoms with Gasteiger partial charge in [0.2, 0.25) is 0 Å². The molecule has 1 aliphatic rings. The quantitative estimate of drug-likeness (QED) is 0.859. The third-order valence-corrected chi connectivity index (χ3v) is 3.86. The predicted octanol–water partition coefficient (Wildman–Crippen LogP) is 2.47. The molecule has 4 heteroatoms. The molecule has 2 rings (SSSR count). The lowest BCUT2D eigenvalue weighted by molar-refractivity contribution is 0.0500. The number of nitrogen functional groups attached to an aromatic ring is 1. The van der Waals surface area contributed by atoms with Crippen LogP contribution in [-0.4, -0.2) is 37.1 Å². The number of benzene rings is 1. The second-order valence-corrected chi connectivity index (χ2v) is 5.49. The molecule has 0 radical (unpaired) electrons. The summed E-state index contributed by atoms with van der Waals surface area (Å²) in [7, 11) is 0. The van der Waals surface area contributed by atoms with E-state index in [2.05, 4.69) is 0 Å². The lowest BCUT2D eigenvalue weighted by atomic mass is 9.97. The number of likely N-dealkylation sites (tertiary alicyclic amines) is 1. The number of hydrogen-bond acceptors (Lipinski definition) is 3. The van der Waals surface area contributed by atoms with E-state index in [1.54, 1.807) is 6.07 Å². The molecule has 1 amide bonds. The van der Waals surface area contributed by atoms with E-state index >= 15 is 0 Å². The van der Waals surface area contributed by atoms with Gasteiger partial charge in [0.05, 0.1) is 6.61 Å². The molecule has 0 bridgehead atoms. The number of carbonyl (C=O) groups is 1. The summed E-state index contributed by atoms with van der Waals surface area (Å²) in [5.41, 5.74) is 8.14. The van der Waals surface area contributed by atoms with Gasteiger partial charge in [0.15, 0.2) is 0 Å². The molecule has 1 atom stereocenters. The van der Waals surface area contributed by atoms with Crippen molar-refractivity contribution >= 4 is 11.6 Å². The number of rotatable bonds is 4. The highest BCUT2D eigenvalue weighted by Gasteiger charge is 2.25. The molecule has 0 saturated carbocycles. The molecule has 1 fully saturated rings. The van der Waals surface area contributed by atoms with Gasteiger partial charge in [0, 0.05) is 30.9 Å². The number of piperidine rings is 1. The second-order valence-electron chi connectivity index (χ2n) is 5.49. The van der Waals surface area contributed by atoms with Crippen LogP contribution in [0.3, 0.4) is 0 Å². The van der Waals surface area contributed by atoms with E-state index in [-0.39, 0.29) is 5.91 Å². The van der Waals surface area contributed by atoms with Gasteiger partial charge in [0.1, 0.15) is 0 Å². The van der Waals surface area contributed by atoms with E-state index < -0.39 is 0 Å². The van der Waals surface area contributed by atoms with Crippen molar-refractivity contribution in [3.63, 3.8) is 0 Å². The van der Waals surface area contributed by atoms with E-state index in [1.807, 2.05) is 30.9 Å². The minimum absolute atomic E-state index is 0.0935. The van der Waals surface area contributed by atoms with Crippen LogP contribution in [0, 0.1) is 12.8 Å². The topological polar surface area (TPSA) is 55.6 Å². The monoisotopic (exact) mass is 276 g/mol. The molecule has 0 aliphatic carbocycles. The summed E-state index contributed by atoms with van der Waals surface area (Å²) >= 11 is 0. The van der Waals surface area contributed by atoms with Gasteiger partial charge in [-0.05, 0) is 50.3 Å². The Bertz CT molecular complexity index is 474. The number of amides is 1. The van der Waals surface area contributed by atoms with Gasteiger partial charge >= 0.3 is 0 Å². The van der Waals surface area contributed by atoms with Crippen molar-refractivity contribution in [2.75, 3.05) is 32.0 Å². The summed E-state index contributed by atoms with van der Waals surface area (Å²) in [6.45, 7) is 7.05. The predicted molar refractivity (Wildman–Crippen MR) is 80.7 cm³/mol. The number of hydrogen-bond donors (Lipinski definition) is 1. The summed E-state index contributed by atoms with van der Waals surface area (Å²) in [5, 5.41) is 0. The molecular weight excluding hydrogens is 252 g/mol. The van der Waals surface area contributed by atoms with Gasteiger partial charge in [0.25, 0.3) is 5.91 Å². The zero-order chi connectivity index (χ0) is 14.5. The maximum absolute atomic E-state index is 12.6. The highest BCUT2D eigenvalue weighted by atomic mass is 16.5. The average Bonchev–Trinajstić information content (AvgIpc) is 2.47. The fourth-order valence-corrected chi connectivity index (χ4v) is 2.71. The standard InChI is InChI=1S/C16H24N2O2/c1-3-20-11-13-5-4-8-18(10-13)16(19)15-9-14(17)7-6-12(15)2/h6-7,9,13H,3-5,8,10-11,17H2,1-2H3. The van der Waals surface area contributed by atoms with Crippen LogP contribution in [0.4, 0.5) is 5.69 Å². The van der Waals surface area contributed by atoms with Crippen molar-refractivity contribution in [2.24, 2.45) is 5.92 Å². The molecule has 20 heavy (non-hydrogen) atoms. The number of ether oxygens (including phenoxy) is 1. The van der Waals surface area contributed by atoms with E-state index in [1.165, 1.54) is 0 Å². The van der Waals surface area contributed by atoms with Crippen molar-refractivity contribution < 1.29 is 9.53 Å². The van der Waals surface area contributed by atoms with Gasteiger partial charge < -0.3 is 15.4 Å². The van der Waals surface area contributed by atoms with Crippen molar-refractivity contribution in [2.45, 2.75) is 26.7 Å². The van der Waals surface area contributed by atoms with Gasteiger partial charge in [-0.25, -0.2) is 0 Å². The number of anilines is 1. The third kappa shape index (κ3) is 3.51. The van der Waals surface area contributed by atoms with Crippen molar-refractivity contribution in [1.82, 2.24) is 4.90 Å². The van der Waals surface area contributed by atoms with Crippen molar-refractivity contribution in [1.29, 1.82) is 0 Å². The smallest absolute Gasteiger partial charge is 0.254 e. The Kier molecular flexibility index (Phi) is 5.01. The van der Waals surface area contributed by atoms with Gasteiger partial charge in [-0.1, -0.05) is 6.07 Å². The van der Waals surface area contributed by atoms with E-state index in [9.17, 15) is 4.79 Å². The molecule has 2 N–H and O–H groups in total. The first-order chi connectivity index (χ1) is 9.61. The van der Waals surface area contributed by atoms with E-state index in [0.29, 0.717) is 11.6 Å². The number of aryl methyl sites for hydroxylation is 1. The Balaban J connectivity index is 2.06. The maximum Gasteiger partial charge on any atom is 0.254 e. The van der Waals surface area contributed by atoms with Gasteiger partial charge in [-0.3, -0.25) is 4.79 Å². The molecule has 1 aromatic carbocycles. The Morgan fingerprint density at radius 3 is 3.05 bits per heavy atom. The van der Waals surface area contributed by atoms with E-state index in [0.717, 1.165) is 50.3 Å². The molecule has 1 saturated heterocycles. The number of nitrogens with zero attached hydrogens (tertiary/aromatic N) is 1. The van der Waals surface area contributed by atoms with Crippen molar-refractivity contribution in [3.8, 4) is 0 Å². The largest absolute Gasteiger partial charge is 0.399 e. The summed E-state index contributed by atoms with van der Waals surface area (Å²) in [4.78, 5) is 14.6. The Hall–Kier alpha value is -1.55. The highest BCUT2D eigenvalue weighted by Crippen LogP contribution is 2.21. The summed E-state index contributed by atoms with van der Waals surface area (Å²) in [5.74, 6) is 0.546. The third-order valence-electron chi connectivity index (χ3n) is 3.86. The zero-order valence-corrected chi connectivity index (χ0v) is 12.4. The van der Waals surface area contributed by atoms with Crippen LogP contribution < -0.4 is 5.73 Å². The van der Waals surface area contributed by atoms with Crippen LogP contribution >= 0.6 is 0 Å². The molecule has 1 aliphatic heterocycles. The molecule has 1 unspecified atom stereocenters. The normalized spacial score (nSPS) is 19.1. The van der Waals surface area contributed by atoms with E-state index in [4.69, 9.17) is 10.5 Å². The fourth-order valence-electron chi connectivity index (χ4n) is 2.71. The molecule has 1 heterocycles. The van der Waals surface area contributed by atoms with Crippen LogP contribution in [0.15, 0.2) is 18.2 Å². The first-order valence-electron chi connectivity index (χ1n) is 7.35. The Labute approximate surface area is 120 Å². The summed E-state index contributed by atoms with van der Waals surface area (Å²) < 4.78 is 5.49. The zero-order valence-electron chi connectivity index (χ0n) is 12.4. The highest BCUT2D eigenvalue weighted by molar-refractivity contribution is 5.96. The van der Waals surface area contributed by atoms with Crippen LogP contribution in [0.1, 0.15) is 35.7 Å². The van der Waals surface area contributed by atoms with Gasteiger partial charge in [-0.2, -0.15) is 0 Å². The Morgan fingerprint density at radius 2 is 2.30 bits per heavy atom. The summed E-state index contributed by atoms with van der Waals surface area (Å²) in [6.07, 6.45) is 2.19. The van der Waals surface area contributed by atoms with Gasteiger partial charge in [-0.15, -0.1) is 0 Å². The summed E-state index contributed by atoms with van der Waals surface area (Å²) in [6, 6.07) is 5.52. The van der Waals surface area contributed by atoms with Crippen LogP contribution in [-0.2, 0) is 4.74 Å². The molecule has 0 spiro atoms. The lowest BCUT2D eigenvalue weighted by Gasteiger charge is -2.33.